The topological polar surface area (TPSA) is 87.3 Å². The summed E-state index contributed by atoms with van der Waals surface area (Å²) in [4.78, 5) is 35.8. The van der Waals surface area contributed by atoms with Crippen LogP contribution in [-0.2, 0) is 4.79 Å². The largest absolute Gasteiger partial charge is 0.355 e. The van der Waals surface area contributed by atoms with Gasteiger partial charge in [-0.1, -0.05) is 12.1 Å². The van der Waals surface area contributed by atoms with Gasteiger partial charge in [-0.05, 0) is 32.9 Å². The van der Waals surface area contributed by atoms with E-state index in [1.54, 1.807) is 45.0 Å². The van der Waals surface area contributed by atoms with Gasteiger partial charge in [-0.25, -0.2) is 0 Å². The standard InChI is InChI=1S/C15H21N3O3/c1-4-16-13(19)10(3)18-15(21)12-9-7-6-8-11(12)14(20)17-5-2/h6-10H,4-5H2,1-3H3,(H,16,19)(H,17,20)(H,18,21). The van der Waals surface area contributed by atoms with E-state index in [1.807, 2.05) is 0 Å². The third kappa shape index (κ3) is 4.59. The van der Waals surface area contributed by atoms with Crippen LogP contribution in [0.15, 0.2) is 24.3 Å². The summed E-state index contributed by atoms with van der Waals surface area (Å²) in [5.74, 6) is -1.02. The molecule has 0 bridgehead atoms. The SMILES string of the molecule is CCNC(=O)c1ccccc1C(=O)NC(C)C(=O)NCC. The van der Waals surface area contributed by atoms with Crippen molar-refractivity contribution >= 4 is 17.7 Å². The highest BCUT2D eigenvalue weighted by atomic mass is 16.2. The maximum Gasteiger partial charge on any atom is 0.252 e. The van der Waals surface area contributed by atoms with Crippen LogP contribution in [0.3, 0.4) is 0 Å². The normalized spacial score (nSPS) is 11.4. The Kier molecular flexibility index (Phi) is 6.39. The number of hydrogen-bond acceptors (Lipinski definition) is 3. The Labute approximate surface area is 124 Å². The van der Waals surface area contributed by atoms with Crippen LogP contribution >= 0.6 is 0 Å². The molecule has 0 spiro atoms. The molecule has 0 saturated carbocycles. The average molecular weight is 291 g/mol. The summed E-state index contributed by atoms with van der Waals surface area (Å²) in [6.45, 7) is 6.17. The van der Waals surface area contributed by atoms with Gasteiger partial charge in [0, 0.05) is 13.1 Å². The first-order valence-electron chi connectivity index (χ1n) is 6.97. The molecule has 0 radical (unpaired) electrons. The molecule has 114 valence electrons. The van der Waals surface area contributed by atoms with E-state index in [-0.39, 0.29) is 17.4 Å². The van der Waals surface area contributed by atoms with Crippen LogP contribution < -0.4 is 16.0 Å². The fraction of sp³-hybridized carbons (Fsp3) is 0.400. The number of amides is 3. The Morgan fingerprint density at radius 3 is 2.00 bits per heavy atom. The Morgan fingerprint density at radius 1 is 0.952 bits per heavy atom. The minimum Gasteiger partial charge on any atom is -0.355 e. The molecule has 0 heterocycles. The lowest BCUT2D eigenvalue weighted by molar-refractivity contribution is -0.122. The fourth-order valence-electron chi connectivity index (χ4n) is 1.80. The first kappa shape index (κ1) is 16.7. The van der Waals surface area contributed by atoms with Crippen LogP contribution in [0.2, 0.25) is 0 Å². The van der Waals surface area contributed by atoms with Crippen LogP contribution in [0.5, 0.6) is 0 Å². The minimum atomic E-state index is -0.667. The number of hydrogen-bond donors (Lipinski definition) is 3. The van der Waals surface area contributed by atoms with E-state index in [9.17, 15) is 14.4 Å². The molecule has 0 aliphatic carbocycles. The first-order chi connectivity index (χ1) is 10.0. The van der Waals surface area contributed by atoms with Crippen molar-refractivity contribution in [2.45, 2.75) is 26.8 Å². The van der Waals surface area contributed by atoms with Gasteiger partial charge in [0.15, 0.2) is 0 Å². The lowest BCUT2D eigenvalue weighted by Gasteiger charge is -2.15. The average Bonchev–Trinajstić information content (AvgIpc) is 2.47. The zero-order valence-corrected chi connectivity index (χ0v) is 12.5. The lowest BCUT2D eigenvalue weighted by atomic mass is 10.1. The van der Waals surface area contributed by atoms with Gasteiger partial charge in [0.2, 0.25) is 5.91 Å². The van der Waals surface area contributed by atoms with E-state index in [0.29, 0.717) is 18.7 Å². The zero-order chi connectivity index (χ0) is 15.8. The Hall–Kier alpha value is -2.37. The van der Waals surface area contributed by atoms with Crippen molar-refractivity contribution in [2.75, 3.05) is 13.1 Å². The van der Waals surface area contributed by atoms with Crippen LogP contribution in [-0.4, -0.2) is 36.9 Å². The second-order valence-electron chi connectivity index (χ2n) is 4.49. The highest BCUT2D eigenvalue weighted by Gasteiger charge is 2.20. The third-order valence-corrected chi connectivity index (χ3v) is 2.85. The van der Waals surface area contributed by atoms with Gasteiger partial charge in [0.25, 0.3) is 11.8 Å². The molecule has 6 heteroatoms. The van der Waals surface area contributed by atoms with Gasteiger partial charge >= 0.3 is 0 Å². The predicted octanol–water partition coefficient (Wildman–Crippen LogP) is 0.691. The molecule has 1 atom stereocenters. The summed E-state index contributed by atoms with van der Waals surface area (Å²) >= 11 is 0. The van der Waals surface area contributed by atoms with Crippen molar-refractivity contribution in [2.24, 2.45) is 0 Å². The van der Waals surface area contributed by atoms with Gasteiger partial charge in [-0.2, -0.15) is 0 Å². The molecule has 3 N–H and O–H groups in total. The van der Waals surface area contributed by atoms with Gasteiger partial charge in [-0.3, -0.25) is 14.4 Å². The molecule has 1 aromatic rings. The smallest absolute Gasteiger partial charge is 0.252 e. The van der Waals surface area contributed by atoms with E-state index in [2.05, 4.69) is 16.0 Å². The minimum absolute atomic E-state index is 0.250. The maximum atomic E-state index is 12.2. The Balaban J connectivity index is 2.88. The van der Waals surface area contributed by atoms with Crippen molar-refractivity contribution in [3.63, 3.8) is 0 Å². The van der Waals surface area contributed by atoms with Gasteiger partial charge in [0.1, 0.15) is 6.04 Å². The number of carbonyl (C=O) groups is 3. The van der Waals surface area contributed by atoms with Crippen molar-refractivity contribution in [1.82, 2.24) is 16.0 Å². The van der Waals surface area contributed by atoms with Gasteiger partial charge in [0.05, 0.1) is 11.1 Å². The number of rotatable bonds is 6. The summed E-state index contributed by atoms with van der Waals surface area (Å²) in [6, 6.07) is 5.84. The molecule has 1 rings (SSSR count). The summed E-state index contributed by atoms with van der Waals surface area (Å²) in [7, 11) is 0. The maximum absolute atomic E-state index is 12.2. The van der Waals surface area contributed by atoms with Crippen LogP contribution in [0.25, 0.3) is 0 Å². The monoisotopic (exact) mass is 291 g/mol. The van der Waals surface area contributed by atoms with E-state index in [1.165, 1.54) is 0 Å². The molecular weight excluding hydrogens is 270 g/mol. The predicted molar refractivity (Wildman–Crippen MR) is 80.1 cm³/mol. The molecule has 6 nitrogen and oxygen atoms in total. The lowest BCUT2D eigenvalue weighted by Crippen LogP contribution is -2.45. The van der Waals surface area contributed by atoms with Crippen molar-refractivity contribution in [1.29, 1.82) is 0 Å². The summed E-state index contributed by atoms with van der Waals surface area (Å²) in [5.41, 5.74) is 0.541. The molecule has 0 fully saturated rings. The van der Waals surface area contributed by atoms with E-state index < -0.39 is 11.9 Å². The van der Waals surface area contributed by atoms with Crippen LogP contribution in [0, 0.1) is 0 Å². The quantitative estimate of drug-likeness (QED) is 0.720. The molecule has 0 aliphatic rings. The first-order valence-corrected chi connectivity index (χ1v) is 6.97. The van der Waals surface area contributed by atoms with E-state index in [0.717, 1.165) is 0 Å². The summed E-state index contributed by atoms with van der Waals surface area (Å²) < 4.78 is 0. The van der Waals surface area contributed by atoms with Crippen molar-refractivity contribution < 1.29 is 14.4 Å². The zero-order valence-electron chi connectivity index (χ0n) is 12.5. The molecule has 0 saturated heterocycles. The second-order valence-corrected chi connectivity index (χ2v) is 4.49. The van der Waals surface area contributed by atoms with Crippen LogP contribution in [0.4, 0.5) is 0 Å². The molecule has 0 aliphatic heterocycles. The highest BCUT2D eigenvalue weighted by molar-refractivity contribution is 6.08. The van der Waals surface area contributed by atoms with Gasteiger partial charge < -0.3 is 16.0 Å². The number of carbonyl (C=O) groups excluding carboxylic acids is 3. The summed E-state index contributed by atoms with van der Waals surface area (Å²) in [6.07, 6.45) is 0. The molecule has 0 aromatic heterocycles. The third-order valence-electron chi connectivity index (χ3n) is 2.85. The van der Waals surface area contributed by atoms with E-state index in [4.69, 9.17) is 0 Å². The second kappa shape index (κ2) is 8.04. The highest BCUT2D eigenvalue weighted by Crippen LogP contribution is 2.09. The molecule has 1 aromatic carbocycles. The number of benzene rings is 1. The Bertz CT molecular complexity index is 529. The molecular formula is C15H21N3O3. The fourth-order valence-corrected chi connectivity index (χ4v) is 1.80. The molecule has 1 unspecified atom stereocenters. The molecule has 3 amide bonds. The van der Waals surface area contributed by atoms with E-state index >= 15 is 0 Å². The summed E-state index contributed by atoms with van der Waals surface area (Å²) in [5, 5.41) is 7.87. The Morgan fingerprint density at radius 2 is 1.48 bits per heavy atom. The number of nitrogens with one attached hydrogen (secondary N) is 3. The van der Waals surface area contributed by atoms with Crippen molar-refractivity contribution in [3.05, 3.63) is 35.4 Å². The van der Waals surface area contributed by atoms with Gasteiger partial charge in [-0.15, -0.1) is 0 Å². The van der Waals surface area contributed by atoms with Crippen molar-refractivity contribution in [3.8, 4) is 0 Å². The van der Waals surface area contributed by atoms with Crippen LogP contribution in [0.1, 0.15) is 41.5 Å². The molecule has 21 heavy (non-hydrogen) atoms. The number of likely N-dealkylation sites (N-methyl/N-ethyl adjacent to an activating group) is 1.